The molecule has 0 fully saturated rings. The standard InChI is InChI=1S/C17H14ClN3O/c18-15-8-6-13(7-9-15)10-17-16(12-22)19-20-21(17)11-14-4-2-1-3-5-14/h1-9,12H,10-11H2. The minimum atomic E-state index is 0.380. The molecule has 0 radical (unpaired) electrons. The molecule has 0 saturated carbocycles. The first-order valence-electron chi connectivity index (χ1n) is 6.92. The number of benzene rings is 2. The summed E-state index contributed by atoms with van der Waals surface area (Å²) >= 11 is 5.90. The summed E-state index contributed by atoms with van der Waals surface area (Å²) in [5.74, 6) is 0. The molecule has 0 aliphatic carbocycles. The first kappa shape index (κ1) is 14.5. The molecule has 0 aliphatic heterocycles. The van der Waals surface area contributed by atoms with Crippen LogP contribution in [-0.2, 0) is 13.0 Å². The van der Waals surface area contributed by atoms with E-state index in [2.05, 4.69) is 10.3 Å². The number of aromatic nitrogens is 3. The van der Waals surface area contributed by atoms with Gasteiger partial charge in [-0.05, 0) is 23.3 Å². The highest BCUT2D eigenvalue weighted by atomic mass is 35.5. The second kappa shape index (κ2) is 6.54. The van der Waals surface area contributed by atoms with Crippen molar-refractivity contribution in [1.29, 1.82) is 0 Å². The summed E-state index contributed by atoms with van der Waals surface area (Å²) in [7, 11) is 0. The second-order valence-corrected chi connectivity index (χ2v) is 5.42. The van der Waals surface area contributed by atoms with Crippen LogP contribution in [0.5, 0.6) is 0 Å². The van der Waals surface area contributed by atoms with E-state index in [4.69, 9.17) is 11.6 Å². The van der Waals surface area contributed by atoms with Gasteiger partial charge in [-0.3, -0.25) is 4.79 Å². The van der Waals surface area contributed by atoms with E-state index in [1.54, 1.807) is 4.68 Å². The van der Waals surface area contributed by atoms with Crippen molar-refractivity contribution in [2.24, 2.45) is 0 Å². The maximum Gasteiger partial charge on any atom is 0.172 e. The predicted molar refractivity (Wildman–Crippen MR) is 85.2 cm³/mol. The van der Waals surface area contributed by atoms with Gasteiger partial charge >= 0.3 is 0 Å². The quantitative estimate of drug-likeness (QED) is 0.679. The molecule has 0 N–H and O–H groups in total. The van der Waals surface area contributed by atoms with Crippen LogP contribution in [-0.4, -0.2) is 21.3 Å². The minimum absolute atomic E-state index is 0.380. The Hall–Kier alpha value is -2.46. The van der Waals surface area contributed by atoms with Gasteiger partial charge in [-0.15, -0.1) is 5.10 Å². The monoisotopic (exact) mass is 311 g/mol. The van der Waals surface area contributed by atoms with Crippen LogP contribution in [0.25, 0.3) is 0 Å². The van der Waals surface area contributed by atoms with Gasteiger partial charge in [0.25, 0.3) is 0 Å². The third kappa shape index (κ3) is 3.23. The summed E-state index contributed by atoms with van der Waals surface area (Å²) in [6.07, 6.45) is 1.34. The van der Waals surface area contributed by atoms with Gasteiger partial charge in [0.15, 0.2) is 6.29 Å². The molecule has 0 atom stereocenters. The average Bonchev–Trinajstić information content (AvgIpc) is 2.92. The highest BCUT2D eigenvalue weighted by Crippen LogP contribution is 2.16. The van der Waals surface area contributed by atoms with Gasteiger partial charge in [0.1, 0.15) is 5.69 Å². The van der Waals surface area contributed by atoms with E-state index in [1.807, 2.05) is 54.6 Å². The van der Waals surface area contributed by atoms with Crippen LogP contribution in [0.4, 0.5) is 0 Å². The summed E-state index contributed by atoms with van der Waals surface area (Å²) in [4.78, 5) is 11.2. The van der Waals surface area contributed by atoms with Crippen LogP contribution >= 0.6 is 11.6 Å². The van der Waals surface area contributed by atoms with Gasteiger partial charge in [-0.2, -0.15) is 0 Å². The smallest absolute Gasteiger partial charge is 0.172 e. The first-order valence-corrected chi connectivity index (χ1v) is 7.30. The molecule has 0 bridgehead atoms. The van der Waals surface area contributed by atoms with E-state index in [-0.39, 0.29) is 0 Å². The van der Waals surface area contributed by atoms with Gasteiger partial charge in [0.05, 0.1) is 12.2 Å². The van der Waals surface area contributed by atoms with Crippen LogP contribution < -0.4 is 0 Å². The Morgan fingerprint density at radius 2 is 1.73 bits per heavy atom. The molecule has 1 heterocycles. The number of halogens is 1. The SMILES string of the molecule is O=Cc1nnn(Cc2ccccc2)c1Cc1ccc(Cl)cc1. The second-order valence-electron chi connectivity index (χ2n) is 4.99. The number of hydrogen-bond acceptors (Lipinski definition) is 3. The lowest BCUT2D eigenvalue weighted by molar-refractivity contribution is 0.111. The summed E-state index contributed by atoms with van der Waals surface area (Å²) in [5.41, 5.74) is 3.36. The average molecular weight is 312 g/mol. The number of carbonyl (C=O) groups excluding carboxylic acids is 1. The van der Waals surface area contributed by atoms with E-state index in [9.17, 15) is 4.79 Å². The summed E-state index contributed by atoms with van der Waals surface area (Å²) in [6.45, 7) is 0.588. The number of carbonyl (C=O) groups is 1. The van der Waals surface area contributed by atoms with Gasteiger partial charge < -0.3 is 0 Å². The first-order chi connectivity index (χ1) is 10.8. The number of nitrogens with zero attached hydrogens (tertiary/aromatic N) is 3. The molecule has 0 saturated heterocycles. The normalized spacial score (nSPS) is 10.6. The Morgan fingerprint density at radius 3 is 2.41 bits per heavy atom. The third-order valence-corrected chi connectivity index (χ3v) is 3.69. The van der Waals surface area contributed by atoms with E-state index in [0.29, 0.717) is 23.7 Å². The zero-order valence-electron chi connectivity index (χ0n) is 11.8. The van der Waals surface area contributed by atoms with Crippen LogP contribution in [0.15, 0.2) is 54.6 Å². The lowest BCUT2D eigenvalue weighted by atomic mass is 10.1. The molecule has 2 aromatic carbocycles. The van der Waals surface area contributed by atoms with Crippen LogP contribution in [0.3, 0.4) is 0 Å². The predicted octanol–water partition coefficient (Wildman–Crippen LogP) is 3.38. The molecule has 5 heteroatoms. The van der Waals surface area contributed by atoms with E-state index in [0.717, 1.165) is 23.1 Å². The highest BCUT2D eigenvalue weighted by Gasteiger charge is 2.13. The third-order valence-electron chi connectivity index (χ3n) is 3.44. The molecule has 22 heavy (non-hydrogen) atoms. The summed E-state index contributed by atoms with van der Waals surface area (Å²) in [5, 5.41) is 8.76. The van der Waals surface area contributed by atoms with Crippen molar-refractivity contribution in [3.63, 3.8) is 0 Å². The molecule has 0 spiro atoms. The van der Waals surface area contributed by atoms with Crippen LogP contribution in [0.1, 0.15) is 27.3 Å². The molecule has 3 aromatic rings. The molecule has 0 unspecified atom stereocenters. The summed E-state index contributed by atoms with van der Waals surface area (Å²) < 4.78 is 1.77. The van der Waals surface area contributed by atoms with Crippen LogP contribution in [0.2, 0.25) is 5.02 Å². The number of rotatable bonds is 5. The van der Waals surface area contributed by atoms with Gasteiger partial charge in [-0.1, -0.05) is 59.3 Å². The minimum Gasteiger partial charge on any atom is -0.296 e. The molecule has 3 rings (SSSR count). The zero-order chi connectivity index (χ0) is 15.4. The van der Waals surface area contributed by atoms with E-state index >= 15 is 0 Å². The Labute approximate surface area is 133 Å². The van der Waals surface area contributed by atoms with Gasteiger partial charge in [-0.25, -0.2) is 4.68 Å². The van der Waals surface area contributed by atoms with E-state index in [1.165, 1.54) is 0 Å². The lowest BCUT2D eigenvalue weighted by Crippen LogP contribution is -2.08. The fourth-order valence-electron chi connectivity index (χ4n) is 2.30. The van der Waals surface area contributed by atoms with Crippen molar-refractivity contribution in [2.45, 2.75) is 13.0 Å². The molecular weight excluding hydrogens is 298 g/mol. The van der Waals surface area contributed by atoms with Crippen molar-refractivity contribution in [1.82, 2.24) is 15.0 Å². The Morgan fingerprint density at radius 1 is 1.00 bits per heavy atom. The van der Waals surface area contributed by atoms with Gasteiger partial charge in [0.2, 0.25) is 0 Å². The molecule has 1 aromatic heterocycles. The maximum atomic E-state index is 11.2. The van der Waals surface area contributed by atoms with Crippen molar-refractivity contribution < 1.29 is 4.79 Å². The fourth-order valence-corrected chi connectivity index (χ4v) is 2.42. The number of aldehydes is 1. The Kier molecular flexibility index (Phi) is 4.30. The molecule has 110 valence electrons. The van der Waals surface area contributed by atoms with Crippen LogP contribution in [0, 0.1) is 0 Å². The molecule has 0 aliphatic rings. The number of hydrogen-bond donors (Lipinski definition) is 0. The fraction of sp³-hybridized carbons (Fsp3) is 0.118. The highest BCUT2D eigenvalue weighted by molar-refractivity contribution is 6.30. The Balaban J connectivity index is 1.90. The maximum absolute atomic E-state index is 11.2. The Bertz CT molecular complexity index is 766. The van der Waals surface area contributed by atoms with Crippen molar-refractivity contribution in [3.05, 3.63) is 82.1 Å². The molecule has 0 amide bonds. The zero-order valence-corrected chi connectivity index (χ0v) is 12.6. The van der Waals surface area contributed by atoms with Crippen molar-refractivity contribution in [3.8, 4) is 0 Å². The van der Waals surface area contributed by atoms with Gasteiger partial charge in [0, 0.05) is 11.4 Å². The molecular formula is C17H14ClN3O. The lowest BCUT2D eigenvalue weighted by Gasteiger charge is -2.07. The van der Waals surface area contributed by atoms with Crippen molar-refractivity contribution >= 4 is 17.9 Å². The topological polar surface area (TPSA) is 47.8 Å². The summed E-state index contributed by atoms with van der Waals surface area (Å²) in [6, 6.07) is 17.5. The van der Waals surface area contributed by atoms with E-state index < -0.39 is 0 Å². The largest absolute Gasteiger partial charge is 0.296 e. The molecule has 4 nitrogen and oxygen atoms in total. The van der Waals surface area contributed by atoms with Crippen molar-refractivity contribution in [2.75, 3.05) is 0 Å².